The quantitative estimate of drug-likeness (QED) is 0.800. The molecule has 0 unspecified atom stereocenters. The van der Waals surface area contributed by atoms with E-state index >= 15 is 0 Å². The van der Waals surface area contributed by atoms with Crippen LogP contribution in [0.15, 0.2) is 30.3 Å². The molecule has 0 bridgehead atoms. The van der Waals surface area contributed by atoms with E-state index in [-0.39, 0.29) is 11.3 Å². The van der Waals surface area contributed by atoms with Gasteiger partial charge in [-0.2, -0.15) is 0 Å². The fourth-order valence-corrected chi connectivity index (χ4v) is 1.51. The first-order valence-electron chi connectivity index (χ1n) is 5.32. The van der Waals surface area contributed by atoms with Crippen LogP contribution in [0.25, 0.3) is 0 Å². The standard InChI is InChI=1S/C13H19NO/c1-11(15)9-10-14-13(2,3)12-7-5-4-6-8-12/h4-8,14H,9-10H2,1-3H3. The molecule has 2 nitrogen and oxygen atoms in total. The van der Waals surface area contributed by atoms with Crippen LogP contribution in [0.5, 0.6) is 0 Å². The van der Waals surface area contributed by atoms with E-state index in [0.717, 1.165) is 6.54 Å². The Bertz CT molecular complexity index is 317. The number of benzene rings is 1. The summed E-state index contributed by atoms with van der Waals surface area (Å²) >= 11 is 0. The minimum absolute atomic E-state index is 0.0727. The van der Waals surface area contributed by atoms with Gasteiger partial charge >= 0.3 is 0 Å². The summed E-state index contributed by atoms with van der Waals surface area (Å²) in [5.74, 6) is 0.228. The van der Waals surface area contributed by atoms with Gasteiger partial charge in [0.1, 0.15) is 5.78 Å². The SMILES string of the molecule is CC(=O)CCNC(C)(C)c1ccccc1. The van der Waals surface area contributed by atoms with Gasteiger partial charge in [-0.05, 0) is 26.3 Å². The lowest BCUT2D eigenvalue weighted by Crippen LogP contribution is -2.37. The Morgan fingerprint density at radius 1 is 1.27 bits per heavy atom. The topological polar surface area (TPSA) is 29.1 Å². The second kappa shape index (κ2) is 5.08. The average molecular weight is 205 g/mol. The zero-order valence-electron chi connectivity index (χ0n) is 9.71. The Kier molecular flexibility index (Phi) is 4.04. The predicted molar refractivity (Wildman–Crippen MR) is 62.8 cm³/mol. The van der Waals surface area contributed by atoms with Gasteiger partial charge in [0, 0.05) is 18.5 Å². The summed E-state index contributed by atoms with van der Waals surface area (Å²) in [7, 11) is 0. The van der Waals surface area contributed by atoms with Crippen LogP contribution in [-0.4, -0.2) is 12.3 Å². The highest BCUT2D eigenvalue weighted by molar-refractivity contribution is 5.75. The fraction of sp³-hybridized carbons (Fsp3) is 0.462. The molecule has 0 amide bonds. The van der Waals surface area contributed by atoms with Crippen LogP contribution in [0.1, 0.15) is 32.8 Å². The maximum atomic E-state index is 10.8. The number of nitrogens with one attached hydrogen (secondary N) is 1. The second-order valence-corrected chi connectivity index (χ2v) is 4.37. The Labute approximate surface area is 91.7 Å². The molecule has 1 N–H and O–H groups in total. The first-order valence-corrected chi connectivity index (χ1v) is 5.32. The van der Waals surface area contributed by atoms with Crippen molar-refractivity contribution in [2.75, 3.05) is 6.54 Å². The highest BCUT2D eigenvalue weighted by Gasteiger charge is 2.18. The van der Waals surface area contributed by atoms with Crippen molar-refractivity contribution in [1.29, 1.82) is 0 Å². The molecule has 15 heavy (non-hydrogen) atoms. The predicted octanol–water partition coefficient (Wildman–Crippen LogP) is 2.49. The Hall–Kier alpha value is -1.15. The molecular weight excluding hydrogens is 186 g/mol. The van der Waals surface area contributed by atoms with E-state index in [1.807, 2.05) is 18.2 Å². The van der Waals surface area contributed by atoms with E-state index in [1.165, 1.54) is 5.56 Å². The van der Waals surface area contributed by atoms with E-state index in [1.54, 1.807) is 6.92 Å². The molecule has 0 heterocycles. The largest absolute Gasteiger partial charge is 0.307 e. The maximum Gasteiger partial charge on any atom is 0.131 e. The summed E-state index contributed by atoms with van der Waals surface area (Å²) in [6.07, 6.45) is 0.594. The minimum atomic E-state index is -0.0727. The normalized spacial score (nSPS) is 11.4. The maximum absolute atomic E-state index is 10.8. The fourth-order valence-electron chi connectivity index (χ4n) is 1.51. The molecule has 0 aliphatic carbocycles. The van der Waals surface area contributed by atoms with Crippen molar-refractivity contribution >= 4 is 5.78 Å². The van der Waals surface area contributed by atoms with Crippen molar-refractivity contribution in [3.8, 4) is 0 Å². The smallest absolute Gasteiger partial charge is 0.131 e. The van der Waals surface area contributed by atoms with Crippen molar-refractivity contribution in [3.05, 3.63) is 35.9 Å². The average Bonchev–Trinajstić information content (AvgIpc) is 2.18. The number of carbonyl (C=O) groups is 1. The van der Waals surface area contributed by atoms with Crippen molar-refractivity contribution in [2.45, 2.75) is 32.7 Å². The number of hydrogen-bond donors (Lipinski definition) is 1. The number of carbonyl (C=O) groups excluding carboxylic acids is 1. The second-order valence-electron chi connectivity index (χ2n) is 4.37. The molecule has 0 aliphatic heterocycles. The van der Waals surface area contributed by atoms with Crippen LogP contribution in [0.2, 0.25) is 0 Å². The van der Waals surface area contributed by atoms with E-state index in [4.69, 9.17) is 0 Å². The zero-order valence-corrected chi connectivity index (χ0v) is 9.71. The van der Waals surface area contributed by atoms with Gasteiger partial charge < -0.3 is 5.32 Å². The van der Waals surface area contributed by atoms with Gasteiger partial charge in [0.2, 0.25) is 0 Å². The third-order valence-electron chi connectivity index (χ3n) is 2.54. The first-order chi connectivity index (χ1) is 7.02. The summed E-state index contributed by atoms with van der Waals surface area (Å²) in [5, 5.41) is 3.39. The Balaban J connectivity index is 2.56. The van der Waals surface area contributed by atoms with Crippen molar-refractivity contribution in [3.63, 3.8) is 0 Å². The monoisotopic (exact) mass is 205 g/mol. The molecule has 1 aromatic carbocycles. The molecule has 0 atom stereocenters. The Morgan fingerprint density at radius 3 is 2.40 bits per heavy atom. The van der Waals surface area contributed by atoms with Crippen molar-refractivity contribution < 1.29 is 4.79 Å². The van der Waals surface area contributed by atoms with Crippen LogP contribution in [-0.2, 0) is 10.3 Å². The van der Waals surface area contributed by atoms with Crippen LogP contribution in [0.3, 0.4) is 0 Å². The first kappa shape index (κ1) is 11.9. The number of rotatable bonds is 5. The van der Waals surface area contributed by atoms with Gasteiger partial charge in [-0.1, -0.05) is 30.3 Å². The highest BCUT2D eigenvalue weighted by atomic mass is 16.1. The molecule has 0 saturated carbocycles. The minimum Gasteiger partial charge on any atom is -0.307 e. The van der Waals surface area contributed by atoms with E-state index < -0.39 is 0 Å². The zero-order chi connectivity index (χ0) is 11.3. The molecule has 1 aromatic rings. The van der Waals surface area contributed by atoms with E-state index in [9.17, 15) is 4.79 Å². The lowest BCUT2D eigenvalue weighted by molar-refractivity contribution is -0.116. The molecule has 0 aliphatic rings. The van der Waals surface area contributed by atoms with Crippen LogP contribution in [0, 0.1) is 0 Å². The van der Waals surface area contributed by atoms with Crippen molar-refractivity contribution in [2.24, 2.45) is 0 Å². The van der Waals surface area contributed by atoms with E-state index in [0.29, 0.717) is 6.42 Å². The molecule has 82 valence electrons. The summed E-state index contributed by atoms with van der Waals surface area (Å²) in [6, 6.07) is 10.3. The summed E-state index contributed by atoms with van der Waals surface area (Å²) in [6.45, 7) is 6.61. The highest BCUT2D eigenvalue weighted by Crippen LogP contribution is 2.18. The third kappa shape index (κ3) is 3.84. The van der Waals surface area contributed by atoms with Gasteiger partial charge in [-0.25, -0.2) is 0 Å². The summed E-state index contributed by atoms with van der Waals surface area (Å²) in [5.41, 5.74) is 1.17. The van der Waals surface area contributed by atoms with E-state index in [2.05, 4.69) is 31.3 Å². The number of hydrogen-bond acceptors (Lipinski definition) is 2. The molecule has 2 heteroatoms. The number of ketones is 1. The molecule has 0 fully saturated rings. The molecule has 0 aromatic heterocycles. The third-order valence-corrected chi connectivity index (χ3v) is 2.54. The van der Waals surface area contributed by atoms with Gasteiger partial charge in [-0.3, -0.25) is 4.79 Å². The molecular formula is C13H19NO. The van der Waals surface area contributed by atoms with Crippen LogP contribution in [0.4, 0.5) is 0 Å². The number of Topliss-reactive ketones (excluding diaryl/α,β-unsaturated/α-hetero) is 1. The van der Waals surface area contributed by atoms with Crippen LogP contribution >= 0.6 is 0 Å². The molecule has 0 radical (unpaired) electrons. The summed E-state index contributed by atoms with van der Waals surface area (Å²) in [4.78, 5) is 10.8. The van der Waals surface area contributed by atoms with Crippen LogP contribution < -0.4 is 5.32 Å². The lowest BCUT2D eigenvalue weighted by atomic mass is 9.94. The summed E-state index contributed by atoms with van der Waals surface area (Å²) < 4.78 is 0. The molecule has 0 spiro atoms. The van der Waals surface area contributed by atoms with Gasteiger partial charge in [0.15, 0.2) is 0 Å². The molecule has 1 rings (SSSR count). The van der Waals surface area contributed by atoms with Gasteiger partial charge in [0.05, 0.1) is 0 Å². The van der Waals surface area contributed by atoms with Crippen molar-refractivity contribution in [1.82, 2.24) is 5.32 Å². The Morgan fingerprint density at radius 2 is 1.87 bits per heavy atom. The van der Waals surface area contributed by atoms with Gasteiger partial charge in [0.25, 0.3) is 0 Å². The molecule has 0 saturated heterocycles. The lowest BCUT2D eigenvalue weighted by Gasteiger charge is -2.26. The van der Waals surface area contributed by atoms with Gasteiger partial charge in [-0.15, -0.1) is 0 Å².